The number of nitrogens with zero attached hydrogens (tertiary/aromatic N) is 2. The molecule has 20 heavy (non-hydrogen) atoms. The third-order valence-electron chi connectivity index (χ3n) is 3.72. The lowest BCUT2D eigenvalue weighted by molar-refractivity contribution is 0.0981. The minimum atomic E-state index is 0.185. The fourth-order valence-corrected chi connectivity index (χ4v) is 2.80. The Balaban J connectivity index is 2.07. The molecule has 102 valence electrons. The van der Waals surface area contributed by atoms with E-state index < -0.39 is 0 Å². The van der Waals surface area contributed by atoms with Crippen molar-refractivity contribution in [1.29, 1.82) is 0 Å². The van der Waals surface area contributed by atoms with E-state index in [1.165, 1.54) is 11.1 Å². The van der Waals surface area contributed by atoms with Gasteiger partial charge in [0.25, 0.3) is 0 Å². The molecule has 0 fully saturated rings. The highest BCUT2D eigenvalue weighted by molar-refractivity contribution is 5.97. The van der Waals surface area contributed by atoms with Crippen LogP contribution in [0.3, 0.4) is 0 Å². The molecule has 3 nitrogen and oxygen atoms in total. The molecule has 0 unspecified atom stereocenters. The molecule has 0 saturated heterocycles. The van der Waals surface area contributed by atoms with Crippen LogP contribution in [0.2, 0.25) is 0 Å². The summed E-state index contributed by atoms with van der Waals surface area (Å²) in [6.07, 6.45) is 5.19. The Morgan fingerprint density at radius 2 is 1.70 bits per heavy atom. The number of carbonyl (C=O) groups excluding carboxylic acids is 1. The van der Waals surface area contributed by atoms with E-state index in [2.05, 4.69) is 42.0 Å². The zero-order chi connectivity index (χ0) is 14.1. The number of carbonyl (C=O) groups is 1. The van der Waals surface area contributed by atoms with Gasteiger partial charge in [-0.05, 0) is 45.2 Å². The van der Waals surface area contributed by atoms with Crippen LogP contribution in [0.4, 0.5) is 0 Å². The minimum Gasteiger partial charge on any atom is -0.294 e. The normalized spacial score (nSPS) is 14.8. The largest absolute Gasteiger partial charge is 0.294 e. The second-order valence-corrected chi connectivity index (χ2v) is 5.56. The van der Waals surface area contributed by atoms with Gasteiger partial charge in [-0.3, -0.25) is 4.79 Å². The SMILES string of the molecule is Cc1cc(C)cc(-c2ncc3c(n2)CCCCC3=O)c1. The highest BCUT2D eigenvalue weighted by Gasteiger charge is 2.18. The van der Waals surface area contributed by atoms with Crippen LogP contribution in [0, 0.1) is 13.8 Å². The Labute approximate surface area is 119 Å². The average Bonchev–Trinajstić information content (AvgIpc) is 2.59. The first-order chi connectivity index (χ1) is 9.63. The number of Topliss-reactive ketones (excluding diaryl/α,β-unsaturated/α-hetero) is 1. The van der Waals surface area contributed by atoms with Gasteiger partial charge < -0.3 is 0 Å². The molecule has 0 bridgehead atoms. The van der Waals surface area contributed by atoms with E-state index >= 15 is 0 Å². The van der Waals surface area contributed by atoms with Gasteiger partial charge in [0, 0.05) is 18.2 Å². The Kier molecular flexibility index (Phi) is 3.35. The van der Waals surface area contributed by atoms with Gasteiger partial charge in [0.2, 0.25) is 0 Å². The molecule has 0 saturated carbocycles. The van der Waals surface area contributed by atoms with Crippen LogP contribution in [0.25, 0.3) is 11.4 Å². The number of benzene rings is 1. The number of ketones is 1. The van der Waals surface area contributed by atoms with Gasteiger partial charge in [0.1, 0.15) is 0 Å². The summed E-state index contributed by atoms with van der Waals surface area (Å²) < 4.78 is 0. The van der Waals surface area contributed by atoms with Crippen LogP contribution >= 0.6 is 0 Å². The first kappa shape index (κ1) is 13.0. The second-order valence-electron chi connectivity index (χ2n) is 5.56. The maximum atomic E-state index is 12.0. The summed E-state index contributed by atoms with van der Waals surface area (Å²) in [5, 5.41) is 0. The maximum absolute atomic E-state index is 12.0. The van der Waals surface area contributed by atoms with Gasteiger partial charge in [0.05, 0.1) is 11.3 Å². The molecule has 1 aromatic carbocycles. The van der Waals surface area contributed by atoms with Crippen molar-refractivity contribution in [3.8, 4) is 11.4 Å². The Morgan fingerprint density at radius 1 is 1.00 bits per heavy atom. The van der Waals surface area contributed by atoms with Gasteiger partial charge in [-0.25, -0.2) is 9.97 Å². The van der Waals surface area contributed by atoms with Crippen molar-refractivity contribution in [2.24, 2.45) is 0 Å². The van der Waals surface area contributed by atoms with Crippen LogP contribution in [-0.2, 0) is 6.42 Å². The molecule has 0 N–H and O–H groups in total. The first-order valence-corrected chi connectivity index (χ1v) is 7.11. The molecule has 0 aliphatic heterocycles. The van der Waals surface area contributed by atoms with Crippen LogP contribution in [-0.4, -0.2) is 15.8 Å². The second kappa shape index (κ2) is 5.16. The molecule has 0 amide bonds. The number of rotatable bonds is 1. The summed E-state index contributed by atoms with van der Waals surface area (Å²) in [5.41, 5.74) is 5.07. The summed E-state index contributed by atoms with van der Waals surface area (Å²) in [5.74, 6) is 0.912. The molecule has 1 heterocycles. The Morgan fingerprint density at radius 3 is 2.45 bits per heavy atom. The lowest BCUT2D eigenvalue weighted by Crippen LogP contribution is -2.05. The fourth-order valence-electron chi connectivity index (χ4n) is 2.80. The van der Waals surface area contributed by atoms with Crippen molar-refractivity contribution in [2.75, 3.05) is 0 Å². The van der Waals surface area contributed by atoms with Crippen LogP contribution in [0.1, 0.15) is 46.4 Å². The fraction of sp³-hybridized carbons (Fsp3) is 0.353. The molecule has 2 aromatic rings. The topological polar surface area (TPSA) is 42.9 Å². The van der Waals surface area contributed by atoms with E-state index in [0.29, 0.717) is 6.42 Å². The van der Waals surface area contributed by atoms with E-state index in [1.807, 2.05) is 0 Å². The highest BCUT2D eigenvalue weighted by Crippen LogP contribution is 2.23. The highest BCUT2D eigenvalue weighted by atomic mass is 16.1. The zero-order valence-electron chi connectivity index (χ0n) is 11.9. The van der Waals surface area contributed by atoms with Crippen LogP contribution in [0.5, 0.6) is 0 Å². The number of hydrogen-bond donors (Lipinski definition) is 0. The van der Waals surface area contributed by atoms with Gasteiger partial charge in [-0.15, -0.1) is 0 Å². The van der Waals surface area contributed by atoms with Crippen LogP contribution in [0.15, 0.2) is 24.4 Å². The van der Waals surface area contributed by atoms with Crippen molar-refractivity contribution in [3.63, 3.8) is 0 Å². The predicted octanol–water partition coefficient (Wildman–Crippen LogP) is 3.67. The van der Waals surface area contributed by atoms with Crippen LogP contribution < -0.4 is 0 Å². The molecule has 0 radical (unpaired) electrons. The summed E-state index contributed by atoms with van der Waals surface area (Å²) in [6.45, 7) is 4.15. The van der Waals surface area contributed by atoms with Gasteiger partial charge >= 0.3 is 0 Å². The summed E-state index contributed by atoms with van der Waals surface area (Å²) >= 11 is 0. The Hall–Kier alpha value is -2.03. The van der Waals surface area contributed by atoms with Crippen molar-refractivity contribution < 1.29 is 4.79 Å². The molecule has 1 aliphatic rings. The quantitative estimate of drug-likeness (QED) is 0.740. The first-order valence-electron chi connectivity index (χ1n) is 7.11. The molecule has 1 aliphatic carbocycles. The minimum absolute atomic E-state index is 0.185. The van der Waals surface area contributed by atoms with Crippen molar-refractivity contribution in [1.82, 2.24) is 9.97 Å². The molecule has 1 aromatic heterocycles. The smallest absolute Gasteiger partial charge is 0.166 e. The van der Waals surface area contributed by atoms with E-state index in [1.54, 1.807) is 6.20 Å². The predicted molar refractivity (Wildman–Crippen MR) is 78.8 cm³/mol. The number of aryl methyl sites for hydroxylation is 3. The molecular weight excluding hydrogens is 248 g/mol. The molecule has 3 heteroatoms. The summed E-state index contributed by atoms with van der Waals surface area (Å²) in [6, 6.07) is 6.32. The molecule has 0 atom stereocenters. The number of fused-ring (bicyclic) bond motifs is 1. The summed E-state index contributed by atoms with van der Waals surface area (Å²) in [7, 11) is 0. The summed E-state index contributed by atoms with van der Waals surface area (Å²) in [4.78, 5) is 21.0. The van der Waals surface area contributed by atoms with E-state index in [0.717, 1.165) is 41.9 Å². The van der Waals surface area contributed by atoms with Crippen molar-refractivity contribution in [3.05, 3.63) is 46.8 Å². The molecular formula is C17H18N2O. The zero-order valence-corrected chi connectivity index (χ0v) is 11.9. The Bertz CT molecular complexity index is 656. The molecule has 3 rings (SSSR count). The van der Waals surface area contributed by atoms with Gasteiger partial charge in [-0.1, -0.05) is 17.2 Å². The van der Waals surface area contributed by atoms with Gasteiger partial charge in [0.15, 0.2) is 11.6 Å². The van der Waals surface area contributed by atoms with E-state index in [-0.39, 0.29) is 5.78 Å². The standard InChI is InChI=1S/C17H18N2O/c1-11-7-12(2)9-13(8-11)17-18-10-14-15(19-17)5-3-4-6-16(14)20/h7-10H,3-6H2,1-2H3. The van der Waals surface area contributed by atoms with E-state index in [4.69, 9.17) is 0 Å². The van der Waals surface area contributed by atoms with Crippen molar-refractivity contribution >= 4 is 5.78 Å². The lowest BCUT2D eigenvalue weighted by Gasteiger charge is -2.08. The number of aromatic nitrogens is 2. The third-order valence-corrected chi connectivity index (χ3v) is 3.72. The van der Waals surface area contributed by atoms with Gasteiger partial charge in [-0.2, -0.15) is 0 Å². The average molecular weight is 266 g/mol. The lowest BCUT2D eigenvalue weighted by atomic mass is 10.1. The maximum Gasteiger partial charge on any atom is 0.166 e. The molecule has 0 spiro atoms. The van der Waals surface area contributed by atoms with Crippen molar-refractivity contribution in [2.45, 2.75) is 39.5 Å². The third kappa shape index (κ3) is 2.48. The monoisotopic (exact) mass is 266 g/mol. The van der Waals surface area contributed by atoms with E-state index in [9.17, 15) is 4.79 Å². The number of hydrogen-bond acceptors (Lipinski definition) is 3.